The van der Waals surface area contributed by atoms with Crippen molar-refractivity contribution in [1.82, 2.24) is 19.8 Å². The van der Waals surface area contributed by atoms with Gasteiger partial charge in [-0.05, 0) is 44.4 Å². The van der Waals surface area contributed by atoms with Crippen molar-refractivity contribution in [2.24, 2.45) is 0 Å². The molecule has 1 atom stereocenters. The van der Waals surface area contributed by atoms with Gasteiger partial charge in [-0.15, -0.1) is 0 Å². The van der Waals surface area contributed by atoms with E-state index in [9.17, 15) is 14.4 Å². The minimum absolute atomic E-state index is 0.0131. The van der Waals surface area contributed by atoms with E-state index in [1.165, 1.54) is 6.33 Å². The van der Waals surface area contributed by atoms with Crippen LogP contribution in [0, 0.1) is 6.92 Å². The largest absolute Gasteiger partial charge is 0.383 e. The summed E-state index contributed by atoms with van der Waals surface area (Å²) in [6, 6.07) is 5.25. The van der Waals surface area contributed by atoms with Crippen molar-refractivity contribution in [1.29, 1.82) is 0 Å². The number of methoxy groups -OCH3 is 1. The number of anilines is 1. The van der Waals surface area contributed by atoms with Gasteiger partial charge in [-0.1, -0.05) is 17.7 Å². The number of amides is 3. The monoisotopic (exact) mass is 459 g/mol. The van der Waals surface area contributed by atoms with Crippen molar-refractivity contribution in [3.05, 3.63) is 46.5 Å². The maximum Gasteiger partial charge on any atom is 0.276 e. The lowest BCUT2D eigenvalue weighted by molar-refractivity contribution is -0.133. The molecule has 3 amide bonds. The molecule has 2 heterocycles. The first kappa shape index (κ1) is 22.3. The minimum atomic E-state index is -1.09. The molecule has 4 rings (SSSR count). The van der Waals surface area contributed by atoms with Gasteiger partial charge in [-0.3, -0.25) is 14.4 Å². The van der Waals surface area contributed by atoms with Crippen LogP contribution in [0.4, 0.5) is 5.69 Å². The lowest BCUT2D eigenvalue weighted by Gasteiger charge is -2.44. The van der Waals surface area contributed by atoms with Gasteiger partial charge in [0.2, 0.25) is 5.91 Å². The molecule has 1 aromatic heterocycles. The van der Waals surface area contributed by atoms with Crippen molar-refractivity contribution in [2.45, 2.75) is 44.8 Å². The Bertz CT molecular complexity index is 1080. The number of carbonyl (C=O) groups excluding carboxylic acids is 3. The van der Waals surface area contributed by atoms with E-state index < -0.39 is 11.4 Å². The summed E-state index contributed by atoms with van der Waals surface area (Å²) in [4.78, 5) is 45.4. The summed E-state index contributed by atoms with van der Waals surface area (Å²) in [7, 11) is 1.56. The van der Waals surface area contributed by atoms with Crippen LogP contribution in [-0.4, -0.2) is 64.0 Å². The van der Waals surface area contributed by atoms with Crippen molar-refractivity contribution < 1.29 is 19.1 Å². The number of benzene rings is 1. The van der Waals surface area contributed by atoms with E-state index in [1.54, 1.807) is 35.6 Å². The number of carbonyl (C=O) groups is 3. The summed E-state index contributed by atoms with van der Waals surface area (Å²) in [5.74, 6) is -1.16. The lowest BCUT2D eigenvalue weighted by atomic mass is 9.94. The van der Waals surface area contributed by atoms with Crippen molar-refractivity contribution in [3.8, 4) is 0 Å². The number of fused-ring (bicyclic) bond motifs is 1. The molecular weight excluding hydrogens is 434 g/mol. The van der Waals surface area contributed by atoms with Gasteiger partial charge in [-0.2, -0.15) is 0 Å². The summed E-state index contributed by atoms with van der Waals surface area (Å²) in [5, 5.41) is 5.98. The fraction of sp³-hybridized carbons (Fsp3) is 0.455. The van der Waals surface area contributed by atoms with Gasteiger partial charge >= 0.3 is 0 Å². The molecule has 1 saturated carbocycles. The van der Waals surface area contributed by atoms with Gasteiger partial charge in [0.1, 0.15) is 11.2 Å². The van der Waals surface area contributed by atoms with Crippen molar-refractivity contribution in [2.75, 3.05) is 25.6 Å². The highest BCUT2D eigenvalue weighted by Gasteiger charge is 2.53. The summed E-state index contributed by atoms with van der Waals surface area (Å²) < 4.78 is 6.59. The van der Waals surface area contributed by atoms with E-state index in [0.717, 1.165) is 18.4 Å². The molecule has 32 heavy (non-hydrogen) atoms. The summed E-state index contributed by atoms with van der Waals surface area (Å²) in [6.45, 7) is 4.58. The number of nitrogens with zero attached hydrogens (tertiary/aromatic N) is 3. The molecule has 2 aliphatic rings. The van der Waals surface area contributed by atoms with Gasteiger partial charge in [0, 0.05) is 19.7 Å². The Hall–Kier alpha value is -2.91. The molecule has 0 saturated heterocycles. The Kier molecular flexibility index (Phi) is 5.96. The van der Waals surface area contributed by atoms with Gasteiger partial charge in [0.25, 0.3) is 11.8 Å². The summed E-state index contributed by atoms with van der Waals surface area (Å²) in [6.07, 6.45) is 3.08. The average Bonchev–Trinajstić information content (AvgIpc) is 3.48. The van der Waals surface area contributed by atoms with E-state index in [0.29, 0.717) is 23.9 Å². The zero-order valence-electron chi connectivity index (χ0n) is 18.3. The molecule has 2 aromatic rings. The van der Waals surface area contributed by atoms with Crippen LogP contribution in [-0.2, 0) is 16.1 Å². The Morgan fingerprint density at radius 1 is 1.34 bits per heavy atom. The van der Waals surface area contributed by atoms with Crippen LogP contribution in [0.5, 0.6) is 0 Å². The molecule has 0 radical (unpaired) electrons. The first-order valence-corrected chi connectivity index (χ1v) is 10.9. The van der Waals surface area contributed by atoms with E-state index in [2.05, 4.69) is 15.6 Å². The third-order valence-electron chi connectivity index (χ3n) is 5.85. The molecule has 1 aliphatic heterocycles. The molecule has 1 aliphatic carbocycles. The van der Waals surface area contributed by atoms with Crippen LogP contribution in [0.2, 0.25) is 5.02 Å². The Morgan fingerprint density at radius 3 is 2.75 bits per heavy atom. The maximum absolute atomic E-state index is 13.6. The smallest absolute Gasteiger partial charge is 0.276 e. The standard InChI is InChI=1S/C22H26ClN5O4/c1-13-4-7-16(15(23)10-13)26-19(29)17-18-20(30)28(14-5-6-14)22(2,11-27(18)12-25-17)21(31)24-8-9-32-3/h4,7,10,12,14H,5-6,8-9,11H2,1-3H3,(H,24,31)(H,26,29)/t22-/m1/s1. The van der Waals surface area contributed by atoms with E-state index in [-0.39, 0.29) is 35.8 Å². The fourth-order valence-corrected chi connectivity index (χ4v) is 4.36. The first-order valence-electron chi connectivity index (χ1n) is 10.5. The number of halogens is 1. The second-order valence-electron chi connectivity index (χ2n) is 8.44. The number of aryl methyl sites for hydroxylation is 1. The van der Waals surface area contributed by atoms with Gasteiger partial charge in [0.05, 0.1) is 30.2 Å². The van der Waals surface area contributed by atoms with Crippen LogP contribution < -0.4 is 10.6 Å². The molecule has 1 aromatic carbocycles. The number of ether oxygens (including phenoxy) is 1. The molecule has 0 unspecified atom stereocenters. The normalized spacial score (nSPS) is 20.1. The molecule has 0 spiro atoms. The van der Waals surface area contributed by atoms with E-state index in [4.69, 9.17) is 16.3 Å². The van der Waals surface area contributed by atoms with Gasteiger partial charge in [-0.25, -0.2) is 4.98 Å². The van der Waals surface area contributed by atoms with E-state index >= 15 is 0 Å². The Balaban J connectivity index is 1.63. The van der Waals surface area contributed by atoms with Crippen LogP contribution in [0.15, 0.2) is 24.5 Å². The number of hydrogen-bond donors (Lipinski definition) is 2. The van der Waals surface area contributed by atoms with Gasteiger partial charge in [0.15, 0.2) is 5.69 Å². The predicted octanol–water partition coefficient (Wildman–Crippen LogP) is 2.24. The SMILES string of the molecule is COCCNC(=O)[C@@]1(C)Cn2cnc(C(=O)Nc3ccc(C)cc3Cl)c2C(=O)N1C1CC1. The zero-order chi connectivity index (χ0) is 23.0. The number of imidazole rings is 1. The number of hydrogen-bond acceptors (Lipinski definition) is 5. The maximum atomic E-state index is 13.6. The molecule has 9 nitrogen and oxygen atoms in total. The fourth-order valence-electron chi connectivity index (χ4n) is 4.08. The Morgan fingerprint density at radius 2 is 2.09 bits per heavy atom. The molecule has 0 bridgehead atoms. The first-order chi connectivity index (χ1) is 15.3. The van der Waals surface area contributed by atoms with Crippen LogP contribution in [0.1, 0.15) is 46.3 Å². The molecule has 1 fully saturated rings. The molecule has 2 N–H and O–H groups in total. The van der Waals surface area contributed by atoms with Crippen LogP contribution in [0.25, 0.3) is 0 Å². The highest BCUT2D eigenvalue weighted by Crippen LogP contribution is 2.39. The van der Waals surface area contributed by atoms with Crippen LogP contribution >= 0.6 is 11.6 Å². The molecule has 170 valence electrons. The Labute approximate surface area is 191 Å². The van der Waals surface area contributed by atoms with Gasteiger partial charge < -0.3 is 24.8 Å². The number of rotatable bonds is 7. The lowest BCUT2D eigenvalue weighted by Crippen LogP contribution is -2.65. The third kappa shape index (κ3) is 3.98. The second kappa shape index (κ2) is 8.55. The predicted molar refractivity (Wildman–Crippen MR) is 119 cm³/mol. The average molecular weight is 460 g/mol. The quantitative estimate of drug-likeness (QED) is 0.618. The minimum Gasteiger partial charge on any atom is -0.383 e. The number of nitrogens with one attached hydrogen (secondary N) is 2. The molecular formula is C22H26ClN5O4. The molecule has 10 heteroatoms. The second-order valence-corrected chi connectivity index (χ2v) is 8.84. The topological polar surface area (TPSA) is 106 Å². The zero-order valence-corrected chi connectivity index (χ0v) is 19.0. The van der Waals surface area contributed by atoms with Crippen LogP contribution in [0.3, 0.4) is 0 Å². The summed E-state index contributed by atoms with van der Waals surface area (Å²) in [5.41, 5.74) is 0.506. The number of aromatic nitrogens is 2. The third-order valence-corrected chi connectivity index (χ3v) is 6.16. The van der Waals surface area contributed by atoms with E-state index in [1.807, 2.05) is 13.0 Å². The van der Waals surface area contributed by atoms with Crippen molar-refractivity contribution >= 4 is 35.0 Å². The summed E-state index contributed by atoms with van der Waals surface area (Å²) >= 11 is 6.24. The van der Waals surface area contributed by atoms with Crippen molar-refractivity contribution in [3.63, 3.8) is 0 Å². The highest BCUT2D eigenvalue weighted by molar-refractivity contribution is 6.34. The highest BCUT2D eigenvalue weighted by atomic mass is 35.5.